The van der Waals surface area contributed by atoms with Gasteiger partial charge in [-0.15, -0.1) is 0 Å². The molecule has 0 aliphatic carbocycles. The topological polar surface area (TPSA) is 75.9 Å². The molecule has 2 aromatic rings. The SMILES string of the molecule is CCC(C)N(Cc1ccccc1)C(=O)c1cc([N+](=O)[O-])ccc1N1CCOCC1. The van der Waals surface area contributed by atoms with Gasteiger partial charge in [0.15, 0.2) is 0 Å². The van der Waals surface area contributed by atoms with E-state index in [4.69, 9.17) is 4.74 Å². The Hall–Kier alpha value is -2.93. The molecule has 0 aromatic heterocycles. The highest BCUT2D eigenvalue weighted by Crippen LogP contribution is 2.29. The minimum Gasteiger partial charge on any atom is -0.378 e. The van der Waals surface area contributed by atoms with E-state index in [2.05, 4.69) is 4.90 Å². The molecule has 0 radical (unpaired) electrons. The Bertz CT molecular complexity index is 850. The molecule has 0 saturated carbocycles. The van der Waals surface area contributed by atoms with Crippen molar-refractivity contribution in [2.45, 2.75) is 32.9 Å². The van der Waals surface area contributed by atoms with E-state index in [0.29, 0.717) is 38.4 Å². The lowest BCUT2D eigenvalue weighted by molar-refractivity contribution is -0.384. The Morgan fingerprint density at radius 1 is 1.21 bits per heavy atom. The first-order valence-electron chi connectivity index (χ1n) is 9.97. The molecule has 1 atom stereocenters. The Labute approximate surface area is 171 Å². The zero-order valence-electron chi connectivity index (χ0n) is 16.9. The fourth-order valence-corrected chi connectivity index (χ4v) is 3.47. The number of non-ortho nitro benzene ring substituents is 1. The molecule has 1 amide bonds. The molecule has 7 nitrogen and oxygen atoms in total. The van der Waals surface area contributed by atoms with Gasteiger partial charge in [0.2, 0.25) is 0 Å². The molecule has 7 heteroatoms. The first kappa shape index (κ1) is 20.8. The van der Waals surface area contributed by atoms with E-state index < -0.39 is 4.92 Å². The van der Waals surface area contributed by atoms with Crippen molar-refractivity contribution in [3.05, 3.63) is 69.8 Å². The molecule has 1 heterocycles. The first-order chi connectivity index (χ1) is 14.0. The van der Waals surface area contributed by atoms with Gasteiger partial charge < -0.3 is 14.5 Å². The van der Waals surface area contributed by atoms with Crippen molar-refractivity contribution in [3.8, 4) is 0 Å². The average Bonchev–Trinajstić information content (AvgIpc) is 2.77. The number of anilines is 1. The van der Waals surface area contributed by atoms with Gasteiger partial charge in [-0.3, -0.25) is 14.9 Å². The lowest BCUT2D eigenvalue weighted by Gasteiger charge is -2.33. The van der Waals surface area contributed by atoms with Gasteiger partial charge in [0.25, 0.3) is 11.6 Å². The summed E-state index contributed by atoms with van der Waals surface area (Å²) in [5.41, 5.74) is 2.05. The van der Waals surface area contributed by atoms with E-state index >= 15 is 0 Å². The van der Waals surface area contributed by atoms with E-state index in [-0.39, 0.29) is 17.6 Å². The molecule has 29 heavy (non-hydrogen) atoms. The predicted molar refractivity (Wildman–Crippen MR) is 112 cm³/mol. The lowest BCUT2D eigenvalue weighted by Crippen LogP contribution is -2.41. The maximum Gasteiger partial charge on any atom is 0.270 e. The molecule has 1 unspecified atom stereocenters. The summed E-state index contributed by atoms with van der Waals surface area (Å²) in [4.78, 5) is 28.4. The number of nitro groups is 1. The van der Waals surface area contributed by atoms with Crippen molar-refractivity contribution in [2.24, 2.45) is 0 Å². The van der Waals surface area contributed by atoms with Gasteiger partial charge in [0, 0.05) is 37.8 Å². The second kappa shape index (κ2) is 9.52. The van der Waals surface area contributed by atoms with Crippen LogP contribution >= 0.6 is 0 Å². The third-order valence-electron chi connectivity index (χ3n) is 5.35. The fourth-order valence-electron chi connectivity index (χ4n) is 3.47. The highest BCUT2D eigenvalue weighted by molar-refractivity contribution is 6.00. The van der Waals surface area contributed by atoms with Crippen LogP contribution in [0.1, 0.15) is 36.2 Å². The van der Waals surface area contributed by atoms with Gasteiger partial charge in [-0.2, -0.15) is 0 Å². The van der Waals surface area contributed by atoms with Crippen LogP contribution in [0.5, 0.6) is 0 Å². The van der Waals surface area contributed by atoms with Crippen molar-refractivity contribution in [2.75, 3.05) is 31.2 Å². The number of ether oxygens (including phenoxy) is 1. The summed E-state index contributed by atoms with van der Waals surface area (Å²) in [7, 11) is 0. The molecule has 0 N–H and O–H groups in total. The molecule has 0 bridgehead atoms. The molecule has 1 aliphatic heterocycles. The summed E-state index contributed by atoms with van der Waals surface area (Å²) in [5.74, 6) is -0.187. The molecule has 3 rings (SSSR count). The van der Waals surface area contributed by atoms with E-state index in [1.54, 1.807) is 11.0 Å². The van der Waals surface area contributed by atoms with Gasteiger partial charge in [-0.05, 0) is 25.0 Å². The Morgan fingerprint density at radius 2 is 1.90 bits per heavy atom. The van der Waals surface area contributed by atoms with Crippen LogP contribution in [0, 0.1) is 10.1 Å². The van der Waals surface area contributed by atoms with Gasteiger partial charge in [-0.25, -0.2) is 0 Å². The van der Waals surface area contributed by atoms with Crippen LogP contribution in [0.3, 0.4) is 0 Å². The summed E-state index contributed by atoms with van der Waals surface area (Å²) >= 11 is 0. The van der Waals surface area contributed by atoms with Gasteiger partial charge in [0.05, 0.1) is 29.4 Å². The third-order valence-corrected chi connectivity index (χ3v) is 5.35. The molecular formula is C22H27N3O4. The van der Waals surface area contributed by atoms with Crippen molar-refractivity contribution in [3.63, 3.8) is 0 Å². The van der Waals surface area contributed by atoms with E-state index in [1.807, 2.05) is 44.2 Å². The molecule has 2 aromatic carbocycles. The molecule has 154 valence electrons. The number of carbonyl (C=O) groups is 1. The van der Waals surface area contributed by atoms with Crippen molar-refractivity contribution in [1.82, 2.24) is 4.90 Å². The van der Waals surface area contributed by atoms with Crippen LogP contribution in [-0.2, 0) is 11.3 Å². The number of benzene rings is 2. The molecule has 0 spiro atoms. The quantitative estimate of drug-likeness (QED) is 0.524. The summed E-state index contributed by atoms with van der Waals surface area (Å²) in [6.45, 7) is 6.95. The summed E-state index contributed by atoms with van der Waals surface area (Å²) in [6, 6.07) is 14.4. The van der Waals surface area contributed by atoms with Crippen LogP contribution in [0.25, 0.3) is 0 Å². The largest absolute Gasteiger partial charge is 0.378 e. The van der Waals surface area contributed by atoms with Crippen LogP contribution in [0.15, 0.2) is 48.5 Å². The van der Waals surface area contributed by atoms with Crippen molar-refractivity contribution < 1.29 is 14.5 Å². The number of hydrogen-bond donors (Lipinski definition) is 0. The van der Waals surface area contributed by atoms with Crippen LogP contribution in [0.4, 0.5) is 11.4 Å². The number of nitrogens with zero attached hydrogens (tertiary/aromatic N) is 3. The average molecular weight is 397 g/mol. The maximum absolute atomic E-state index is 13.6. The number of amides is 1. The fraction of sp³-hybridized carbons (Fsp3) is 0.409. The first-order valence-corrected chi connectivity index (χ1v) is 9.97. The van der Waals surface area contributed by atoms with Crippen molar-refractivity contribution in [1.29, 1.82) is 0 Å². The predicted octanol–water partition coefficient (Wildman–Crippen LogP) is 3.87. The Balaban J connectivity index is 2.00. The highest BCUT2D eigenvalue weighted by Gasteiger charge is 2.27. The summed E-state index contributed by atoms with van der Waals surface area (Å²) in [5, 5.41) is 11.4. The number of hydrogen-bond acceptors (Lipinski definition) is 5. The zero-order valence-corrected chi connectivity index (χ0v) is 16.9. The smallest absolute Gasteiger partial charge is 0.270 e. The summed E-state index contributed by atoms with van der Waals surface area (Å²) < 4.78 is 5.42. The molecule has 1 fully saturated rings. The maximum atomic E-state index is 13.6. The van der Waals surface area contributed by atoms with E-state index in [9.17, 15) is 14.9 Å². The zero-order chi connectivity index (χ0) is 20.8. The van der Waals surface area contributed by atoms with Crippen LogP contribution < -0.4 is 4.90 Å². The van der Waals surface area contributed by atoms with Gasteiger partial charge in [-0.1, -0.05) is 37.3 Å². The standard InChI is InChI=1S/C22H27N3O4/c1-3-17(2)24(16-18-7-5-4-6-8-18)22(26)20-15-19(25(27)28)9-10-21(20)23-11-13-29-14-12-23/h4-10,15,17H,3,11-14,16H2,1-2H3. The minimum atomic E-state index is -0.454. The number of nitro benzene ring substituents is 1. The Kier molecular flexibility index (Phi) is 6.82. The van der Waals surface area contributed by atoms with Gasteiger partial charge in [0.1, 0.15) is 0 Å². The molecular weight excluding hydrogens is 370 g/mol. The normalized spacial score (nSPS) is 15.0. The van der Waals surface area contributed by atoms with Crippen LogP contribution in [-0.4, -0.2) is 48.1 Å². The van der Waals surface area contributed by atoms with Gasteiger partial charge >= 0.3 is 0 Å². The number of morpholine rings is 1. The highest BCUT2D eigenvalue weighted by atomic mass is 16.6. The molecule has 1 saturated heterocycles. The van der Waals surface area contributed by atoms with Crippen molar-refractivity contribution >= 4 is 17.3 Å². The lowest BCUT2D eigenvalue weighted by atomic mass is 10.1. The number of carbonyl (C=O) groups excluding carboxylic acids is 1. The second-order valence-electron chi connectivity index (χ2n) is 7.23. The second-order valence-corrected chi connectivity index (χ2v) is 7.23. The van der Waals surface area contributed by atoms with E-state index in [0.717, 1.165) is 17.7 Å². The monoisotopic (exact) mass is 397 g/mol. The minimum absolute atomic E-state index is 0.000456. The summed E-state index contributed by atoms with van der Waals surface area (Å²) in [6.07, 6.45) is 0.792. The third kappa shape index (κ3) is 4.92. The molecule has 1 aliphatic rings. The Morgan fingerprint density at radius 3 is 2.52 bits per heavy atom. The number of rotatable bonds is 7. The van der Waals surface area contributed by atoms with Crippen LogP contribution in [0.2, 0.25) is 0 Å². The van der Waals surface area contributed by atoms with E-state index in [1.165, 1.54) is 12.1 Å².